The van der Waals surface area contributed by atoms with Crippen LogP contribution in [0.3, 0.4) is 0 Å². The van der Waals surface area contributed by atoms with E-state index in [0.29, 0.717) is 22.0 Å². The molecule has 0 saturated heterocycles. The largest absolute Gasteiger partial charge is 0.539 e. The number of ether oxygens (including phenoxy) is 1. The second kappa shape index (κ2) is 8.55. The minimum absolute atomic E-state index is 0.0624. The van der Waals surface area contributed by atoms with Crippen molar-refractivity contribution in [1.29, 1.82) is 5.26 Å². The number of pyridine rings is 1. The van der Waals surface area contributed by atoms with E-state index in [9.17, 15) is 15.2 Å². The lowest BCUT2D eigenvalue weighted by Gasteiger charge is -2.16. The van der Waals surface area contributed by atoms with Gasteiger partial charge >= 0.3 is 5.69 Å². The van der Waals surface area contributed by atoms with Crippen LogP contribution in [0.4, 0.5) is 0 Å². The van der Waals surface area contributed by atoms with E-state index in [1.54, 1.807) is 31.4 Å². The number of ketones is 1. The van der Waals surface area contributed by atoms with Gasteiger partial charge < -0.3 is 14.4 Å². The lowest BCUT2D eigenvalue weighted by Crippen LogP contribution is -2.39. The van der Waals surface area contributed by atoms with Crippen LogP contribution in [0.2, 0.25) is 0 Å². The third kappa shape index (κ3) is 3.86. The van der Waals surface area contributed by atoms with Gasteiger partial charge in [-0.25, -0.2) is 4.98 Å². The van der Waals surface area contributed by atoms with Crippen LogP contribution in [0, 0.1) is 11.3 Å². The number of thioether (sulfide) groups is 1. The molecular weight excluding hydrogens is 404 g/mol. The molecular formula is C21H18N4O4S. The van der Waals surface area contributed by atoms with Crippen molar-refractivity contribution in [2.24, 2.45) is 0 Å². The number of nitriles is 1. The predicted octanol–water partition coefficient (Wildman–Crippen LogP) is 2.15. The van der Waals surface area contributed by atoms with E-state index in [1.165, 1.54) is 4.68 Å². The van der Waals surface area contributed by atoms with Crippen molar-refractivity contribution >= 4 is 17.5 Å². The number of nitrogens with zero attached hydrogens (tertiary/aromatic N) is 4. The van der Waals surface area contributed by atoms with Gasteiger partial charge in [-0.2, -0.15) is 5.26 Å². The molecule has 4 rings (SSSR count). The fraction of sp³-hybridized carbons (Fsp3) is 0.286. The Morgan fingerprint density at radius 3 is 2.83 bits per heavy atom. The minimum atomic E-state index is -0.810. The number of hydrogen-bond donors (Lipinski definition) is 0. The van der Waals surface area contributed by atoms with E-state index in [0.717, 1.165) is 48.7 Å². The number of hydrogen-bond acceptors (Lipinski definition) is 8. The monoisotopic (exact) mass is 422 g/mol. The maximum atomic E-state index is 12.8. The summed E-state index contributed by atoms with van der Waals surface area (Å²) in [6.07, 6.45) is 3.95. The number of Topliss-reactive ketones (excluding diaryl/α,β-unsaturated/α-hetero) is 1. The van der Waals surface area contributed by atoms with E-state index in [1.807, 2.05) is 6.07 Å². The highest BCUT2D eigenvalue weighted by atomic mass is 32.2. The molecule has 0 N–H and O–H groups in total. The zero-order valence-electron chi connectivity index (χ0n) is 16.3. The van der Waals surface area contributed by atoms with Crippen LogP contribution in [0.25, 0.3) is 5.69 Å². The average Bonchev–Trinajstić information content (AvgIpc) is 3.18. The standard InChI is InChI=1S/C21H18N4O4S/c1-28-16-8-6-15(7-9-16)25-19(21(27)29-24-25)18(26)12-30-20-14(11-22)10-13-4-2-3-5-17(13)23-20/h6-10H,2-5,12H2,1H3. The van der Waals surface area contributed by atoms with E-state index in [2.05, 4.69) is 16.3 Å². The first kappa shape index (κ1) is 19.9. The molecule has 0 aliphatic heterocycles. The second-order valence-electron chi connectivity index (χ2n) is 6.80. The zero-order chi connectivity index (χ0) is 21.1. The number of rotatable bonds is 6. The molecule has 0 spiro atoms. The van der Waals surface area contributed by atoms with Crippen LogP contribution in [0.1, 0.15) is 40.2 Å². The van der Waals surface area contributed by atoms with Crippen LogP contribution in [-0.2, 0) is 12.8 Å². The van der Waals surface area contributed by atoms with Crippen molar-refractivity contribution < 1.29 is 23.8 Å². The van der Waals surface area contributed by atoms with Gasteiger partial charge in [0.05, 0.1) is 23.7 Å². The van der Waals surface area contributed by atoms with Crippen molar-refractivity contribution in [3.8, 4) is 23.5 Å². The minimum Gasteiger partial charge on any atom is -0.539 e. The number of carbonyl (C=O) groups excluding carboxylic acids is 1. The molecule has 2 heterocycles. The molecule has 0 saturated carbocycles. The lowest BCUT2D eigenvalue weighted by molar-refractivity contribution is -0.672. The Kier molecular flexibility index (Phi) is 5.68. The van der Waals surface area contributed by atoms with E-state index in [-0.39, 0.29) is 11.4 Å². The maximum absolute atomic E-state index is 12.8. The van der Waals surface area contributed by atoms with Crippen molar-refractivity contribution in [1.82, 2.24) is 10.3 Å². The van der Waals surface area contributed by atoms with Gasteiger partial charge in [-0.05, 0) is 54.1 Å². The highest BCUT2D eigenvalue weighted by Gasteiger charge is 2.28. The first-order valence-corrected chi connectivity index (χ1v) is 10.4. The van der Waals surface area contributed by atoms with Crippen molar-refractivity contribution in [3.63, 3.8) is 0 Å². The van der Waals surface area contributed by atoms with E-state index < -0.39 is 11.7 Å². The van der Waals surface area contributed by atoms with Gasteiger partial charge in [-0.15, -0.1) is 0 Å². The molecule has 9 heteroatoms. The van der Waals surface area contributed by atoms with Crippen LogP contribution in [-0.4, -0.2) is 28.9 Å². The molecule has 1 aromatic carbocycles. The molecule has 1 aliphatic rings. The van der Waals surface area contributed by atoms with Crippen molar-refractivity contribution in [2.75, 3.05) is 12.9 Å². The summed E-state index contributed by atoms with van der Waals surface area (Å²) in [7, 11) is 1.55. The Morgan fingerprint density at radius 2 is 2.10 bits per heavy atom. The van der Waals surface area contributed by atoms with Gasteiger partial charge in [0.15, 0.2) is 5.95 Å². The van der Waals surface area contributed by atoms with E-state index >= 15 is 0 Å². The van der Waals surface area contributed by atoms with Gasteiger partial charge in [0, 0.05) is 17.8 Å². The molecule has 0 amide bonds. The summed E-state index contributed by atoms with van der Waals surface area (Å²) in [5, 5.41) is 25.8. The molecule has 152 valence electrons. The Hall–Kier alpha value is -3.38. The molecule has 0 fully saturated rings. The summed E-state index contributed by atoms with van der Waals surface area (Å²) < 4.78 is 11.0. The summed E-state index contributed by atoms with van der Waals surface area (Å²) >= 11 is 1.14. The number of aromatic nitrogens is 3. The molecule has 0 unspecified atom stereocenters. The SMILES string of the molecule is COc1ccc(-[n+]2noc([O-])c2C(=O)CSc2nc3c(cc2C#N)CCCC3)cc1. The molecule has 30 heavy (non-hydrogen) atoms. The smallest absolute Gasteiger partial charge is 0.307 e. The Labute approximate surface area is 177 Å². The Morgan fingerprint density at radius 1 is 1.33 bits per heavy atom. The third-order valence-corrected chi connectivity index (χ3v) is 5.91. The number of benzene rings is 1. The summed E-state index contributed by atoms with van der Waals surface area (Å²) in [5.41, 5.74) is 2.86. The summed E-state index contributed by atoms with van der Waals surface area (Å²) in [6.45, 7) is 0. The molecule has 1 aliphatic carbocycles. The summed E-state index contributed by atoms with van der Waals surface area (Å²) in [5.74, 6) is -0.690. The third-order valence-electron chi connectivity index (χ3n) is 4.92. The summed E-state index contributed by atoms with van der Waals surface area (Å²) in [6, 6.07) is 10.8. The molecule has 0 radical (unpaired) electrons. The van der Waals surface area contributed by atoms with Gasteiger partial charge in [0.1, 0.15) is 16.8 Å². The van der Waals surface area contributed by atoms with Gasteiger partial charge in [0.2, 0.25) is 11.5 Å². The number of aryl methyl sites for hydroxylation is 2. The predicted molar refractivity (Wildman–Crippen MR) is 105 cm³/mol. The average molecular weight is 422 g/mol. The molecule has 8 nitrogen and oxygen atoms in total. The van der Waals surface area contributed by atoms with Crippen LogP contribution in [0.15, 0.2) is 39.9 Å². The normalized spacial score (nSPS) is 12.8. The zero-order valence-corrected chi connectivity index (χ0v) is 17.1. The first-order valence-electron chi connectivity index (χ1n) is 9.43. The van der Waals surface area contributed by atoms with Crippen LogP contribution in [0.5, 0.6) is 11.7 Å². The van der Waals surface area contributed by atoms with Crippen LogP contribution < -0.4 is 14.5 Å². The van der Waals surface area contributed by atoms with Gasteiger partial charge in [0.25, 0.3) is 0 Å². The van der Waals surface area contributed by atoms with E-state index in [4.69, 9.17) is 9.26 Å². The lowest BCUT2D eigenvalue weighted by atomic mass is 9.95. The Bertz CT molecular complexity index is 1140. The molecule has 2 aromatic heterocycles. The fourth-order valence-electron chi connectivity index (χ4n) is 3.39. The van der Waals surface area contributed by atoms with Crippen LogP contribution >= 0.6 is 11.8 Å². The number of methoxy groups -OCH3 is 1. The highest BCUT2D eigenvalue weighted by molar-refractivity contribution is 8.00. The first-order chi connectivity index (χ1) is 14.6. The quantitative estimate of drug-likeness (QED) is 0.337. The Balaban J connectivity index is 1.57. The van der Waals surface area contributed by atoms with Crippen molar-refractivity contribution in [3.05, 3.63) is 52.8 Å². The molecule has 0 atom stereocenters. The molecule has 3 aromatic rings. The molecule has 0 bridgehead atoms. The second-order valence-corrected chi connectivity index (χ2v) is 7.76. The maximum Gasteiger partial charge on any atom is 0.307 e. The topological polar surface area (TPSA) is 116 Å². The number of fused-ring (bicyclic) bond motifs is 1. The van der Waals surface area contributed by atoms with Gasteiger partial charge in [-0.1, -0.05) is 11.8 Å². The fourth-order valence-corrected chi connectivity index (χ4v) is 4.23. The van der Waals surface area contributed by atoms with Crippen molar-refractivity contribution in [2.45, 2.75) is 30.7 Å². The van der Waals surface area contributed by atoms with Gasteiger partial charge in [-0.3, -0.25) is 4.79 Å². The number of carbonyl (C=O) groups is 1. The highest BCUT2D eigenvalue weighted by Crippen LogP contribution is 2.28. The summed E-state index contributed by atoms with van der Waals surface area (Å²) in [4.78, 5) is 17.4.